The SMILES string of the molecule is O=C(CCC(=O)N1CCc2ccccc2C1c1ccccc1)NCc1ccc(C(F)(F)F)cc1. The molecule has 34 heavy (non-hydrogen) atoms. The average Bonchev–Trinajstić information content (AvgIpc) is 2.85. The fourth-order valence-electron chi connectivity index (χ4n) is 4.29. The summed E-state index contributed by atoms with van der Waals surface area (Å²) >= 11 is 0. The Kier molecular flexibility index (Phi) is 7.01. The molecule has 0 saturated heterocycles. The van der Waals surface area contributed by atoms with Gasteiger partial charge in [0.05, 0.1) is 11.6 Å². The lowest BCUT2D eigenvalue weighted by molar-refractivity contribution is -0.137. The quantitative estimate of drug-likeness (QED) is 0.538. The molecule has 0 bridgehead atoms. The van der Waals surface area contributed by atoms with E-state index in [1.54, 1.807) is 0 Å². The highest BCUT2D eigenvalue weighted by Crippen LogP contribution is 2.35. The smallest absolute Gasteiger partial charge is 0.352 e. The number of rotatable bonds is 6. The summed E-state index contributed by atoms with van der Waals surface area (Å²) in [4.78, 5) is 27.3. The Balaban J connectivity index is 1.37. The third-order valence-corrected chi connectivity index (χ3v) is 6.06. The number of amides is 2. The molecule has 0 aliphatic carbocycles. The largest absolute Gasteiger partial charge is 0.416 e. The second-order valence-electron chi connectivity index (χ2n) is 8.32. The van der Waals surface area contributed by atoms with Crippen LogP contribution in [0.5, 0.6) is 0 Å². The van der Waals surface area contributed by atoms with Crippen molar-refractivity contribution < 1.29 is 22.8 Å². The number of alkyl halides is 3. The van der Waals surface area contributed by atoms with Crippen LogP contribution in [0.3, 0.4) is 0 Å². The summed E-state index contributed by atoms with van der Waals surface area (Å²) in [6.07, 6.45) is -3.57. The summed E-state index contributed by atoms with van der Waals surface area (Å²) in [5, 5.41) is 2.68. The van der Waals surface area contributed by atoms with Crippen LogP contribution >= 0.6 is 0 Å². The average molecular weight is 467 g/mol. The fraction of sp³-hybridized carbons (Fsp3) is 0.259. The Morgan fingerprint density at radius 2 is 1.56 bits per heavy atom. The molecule has 1 N–H and O–H groups in total. The van der Waals surface area contributed by atoms with Crippen molar-refractivity contribution in [2.24, 2.45) is 0 Å². The first-order chi connectivity index (χ1) is 16.3. The number of nitrogens with one attached hydrogen (secondary N) is 1. The van der Waals surface area contributed by atoms with Gasteiger partial charge in [-0.15, -0.1) is 0 Å². The van der Waals surface area contributed by atoms with Gasteiger partial charge in [0.1, 0.15) is 0 Å². The van der Waals surface area contributed by atoms with Gasteiger partial charge in [-0.05, 0) is 40.8 Å². The molecule has 4 nitrogen and oxygen atoms in total. The predicted octanol–water partition coefficient (Wildman–Crippen LogP) is 5.28. The summed E-state index contributed by atoms with van der Waals surface area (Å²) in [6.45, 7) is 0.678. The lowest BCUT2D eigenvalue weighted by Crippen LogP contribution is -2.41. The number of hydrogen-bond acceptors (Lipinski definition) is 2. The van der Waals surface area contributed by atoms with Crippen LogP contribution < -0.4 is 5.32 Å². The van der Waals surface area contributed by atoms with E-state index in [0.29, 0.717) is 12.1 Å². The van der Waals surface area contributed by atoms with Gasteiger partial charge >= 0.3 is 6.18 Å². The van der Waals surface area contributed by atoms with E-state index in [9.17, 15) is 22.8 Å². The van der Waals surface area contributed by atoms with Crippen LogP contribution in [0.1, 0.15) is 46.7 Å². The monoisotopic (exact) mass is 466 g/mol. The third-order valence-electron chi connectivity index (χ3n) is 6.06. The van der Waals surface area contributed by atoms with Gasteiger partial charge in [0, 0.05) is 25.9 Å². The molecule has 7 heteroatoms. The first kappa shape index (κ1) is 23.5. The van der Waals surface area contributed by atoms with Crippen LogP contribution in [0.2, 0.25) is 0 Å². The molecule has 0 spiro atoms. The van der Waals surface area contributed by atoms with Gasteiger partial charge in [0.2, 0.25) is 11.8 Å². The molecule has 1 aliphatic rings. The molecule has 0 saturated carbocycles. The molecular weight excluding hydrogens is 441 g/mol. The molecule has 1 aliphatic heterocycles. The predicted molar refractivity (Wildman–Crippen MR) is 123 cm³/mol. The maximum absolute atomic E-state index is 13.1. The molecule has 4 rings (SSSR count). The van der Waals surface area contributed by atoms with Gasteiger partial charge in [-0.1, -0.05) is 66.7 Å². The van der Waals surface area contributed by atoms with E-state index in [1.165, 1.54) is 17.7 Å². The number of fused-ring (bicyclic) bond motifs is 1. The highest BCUT2D eigenvalue weighted by atomic mass is 19.4. The minimum atomic E-state index is -4.39. The van der Waals surface area contributed by atoms with Gasteiger partial charge in [-0.2, -0.15) is 13.2 Å². The molecule has 3 aromatic carbocycles. The highest BCUT2D eigenvalue weighted by Gasteiger charge is 2.32. The number of carbonyl (C=O) groups excluding carboxylic acids is 2. The molecule has 1 unspecified atom stereocenters. The normalized spacial score (nSPS) is 15.5. The van der Waals surface area contributed by atoms with Crippen molar-refractivity contribution in [2.45, 2.75) is 38.0 Å². The summed E-state index contributed by atoms with van der Waals surface area (Å²) in [7, 11) is 0. The zero-order valence-electron chi connectivity index (χ0n) is 18.5. The third kappa shape index (κ3) is 5.47. The van der Waals surface area contributed by atoms with E-state index in [1.807, 2.05) is 53.4 Å². The molecule has 0 fully saturated rings. The zero-order valence-corrected chi connectivity index (χ0v) is 18.5. The zero-order chi connectivity index (χ0) is 24.1. The molecule has 2 amide bonds. The second kappa shape index (κ2) is 10.1. The van der Waals surface area contributed by atoms with Crippen LogP contribution in [-0.4, -0.2) is 23.3 Å². The van der Waals surface area contributed by atoms with Crippen LogP contribution in [0, 0.1) is 0 Å². The van der Waals surface area contributed by atoms with Gasteiger partial charge < -0.3 is 10.2 Å². The molecule has 3 aromatic rings. The maximum Gasteiger partial charge on any atom is 0.416 e. The standard InChI is InChI=1S/C27H25F3N2O2/c28-27(29,30)22-12-10-19(11-13-22)18-31-24(33)14-15-25(34)32-17-16-20-6-4-5-9-23(20)26(32)21-7-2-1-3-8-21/h1-13,26H,14-18H2,(H,31,33). The Labute approximate surface area is 196 Å². The van der Waals surface area contributed by atoms with Crippen LogP contribution in [-0.2, 0) is 28.7 Å². The maximum atomic E-state index is 13.1. The van der Waals surface area contributed by atoms with E-state index in [2.05, 4.69) is 11.4 Å². The summed E-state index contributed by atoms with van der Waals surface area (Å²) in [5.41, 5.74) is 3.17. The molecule has 1 atom stereocenters. The second-order valence-corrected chi connectivity index (χ2v) is 8.32. The first-order valence-electron chi connectivity index (χ1n) is 11.2. The first-order valence-corrected chi connectivity index (χ1v) is 11.2. The Hall–Kier alpha value is -3.61. The molecule has 1 heterocycles. The molecule has 176 valence electrons. The van der Waals surface area contributed by atoms with Crippen LogP contribution in [0.4, 0.5) is 13.2 Å². The summed E-state index contributed by atoms with van der Waals surface area (Å²) in [5.74, 6) is -0.421. The van der Waals surface area contributed by atoms with E-state index in [0.717, 1.165) is 29.7 Å². The Morgan fingerprint density at radius 3 is 2.26 bits per heavy atom. The van der Waals surface area contributed by atoms with E-state index in [4.69, 9.17) is 0 Å². The van der Waals surface area contributed by atoms with Crippen molar-refractivity contribution in [1.29, 1.82) is 0 Å². The van der Waals surface area contributed by atoms with Crippen molar-refractivity contribution in [2.75, 3.05) is 6.54 Å². The molecular formula is C27H25F3N2O2. The minimum absolute atomic E-state index is 0.0130. The van der Waals surface area contributed by atoms with Crippen molar-refractivity contribution in [3.8, 4) is 0 Å². The summed E-state index contributed by atoms with van der Waals surface area (Å²) in [6, 6.07) is 22.4. The fourth-order valence-corrected chi connectivity index (χ4v) is 4.29. The van der Waals surface area contributed by atoms with Crippen LogP contribution in [0.25, 0.3) is 0 Å². The van der Waals surface area contributed by atoms with Crippen molar-refractivity contribution in [3.05, 3.63) is 107 Å². The van der Waals surface area contributed by atoms with Crippen molar-refractivity contribution >= 4 is 11.8 Å². The molecule has 0 aromatic heterocycles. The summed E-state index contributed by atoms with van der Waals surface area (Å²) < 4.78 is 38.0. The lowest BCUT2D eigenvalue weighted by Gasteiger charge is -2.38. The number of carbonyl (C=O) groups is 2. The van der Waals surface area contributed by atoms with Gasteiger partial charge in [-0.3, -0.25) is 9.59 Å². The van der Waals surface area contributed by atoms with Crippen molar-refractivity contribution in [1.82, 2.24) is 10.2 Å². The number of hydrogen-bond donors (Lipinski definition) is 1. The Morgan fingerprint density at radius 1 is 0.882 bits per heavy atom. The highest BCUT2D eigenvalue weighted by molar-refractivity contribution is 5.84. The van der Waals surface area contributed by atoms with E-state index >= 15 is 0 Å². The van der Waals surface area contributed by atoms with Crippen molar-refractivity contribution in [3.63, 3.8) is 0 Å². The number of halogens is 3. The Bertz CT molecular complexity index is 1140. The lowest BCUT2D eigenvalue weighted by atomic mass is 9.88. The van der Waals surface area contributed by atoms with E-state index in [-0.39, 0.29) is 37.2 Å². The van der Waals surface area contributed by atoms with Gasteiger partial charge in [-0.25, -0.2) is 0 Å². The van der Waals surface area contributed by atoms with Gasteiger partial charge in [0.15, 0.2) is 0 Å². The number of nitrogens with zero attached hydrogens (tertiary/aromatic N) is 1. The topological polar surface area (TPSA) is 49.4 Å². The van der Waals surface area contributed by atoms with E-state index < -0.39 is 11.7 Å². The van der Waals surface area contributed by atoms with Gasteiger partial charge in [0.25, 0.3) is 0 Å². The molecule has 0 radical (unpaired) electrons. The minimum Gasteiger partial charge on any atom is -0.352 e. The number of benzene rings is 3. The van der Waals surface area contributed by atoms with Crippen LogP contribution in [0.15, 0.2) is 78.9 Å².